The third-order valence-corrected chi connectivity index (χ3v) is 7.43. The van der Waals surface area contributed by atoms with Crippen LogP contribution in [0.1, 0.15) is 81.2 Å². The minimum Gasteiger partial charge on any atom is -0.371 e. The number of nitrogens with zero attached hydrogens (tertiary/aromatic N) is 1. The van der Waals surface area contributed by atoms with Gasteiger partial charge in [0.1, 0.15) is 0 Å². The first kappa shape index (κ1) is 21.1. The van der Waals surface area contributed by atoms with E-state index in [0.717, 1.165) is 11.3 Å². The molecule has 3 heteroatoms. The summed E-state index contributed by atoms with van der Waals surface area (Å²) in [7, 11) is 0. The standard InChI is InChI=1S/C28H28NO.Ir/c1-27(2)22-13-12-18(15-23(22)28(3,4)30-27)24-16-21(17-8-6-5-7-9-17)25-19-10-11-20(14-19)26(25)29-24;/h5-9,13,15-16,19-20H,10-11,14H2,1-4H3;/q-1;. The molecule has 1 aliphatic heterocycles. The molecule has 0 amide bonds. The average molecular weight is 587 g/mol. The van der Waals surface area contributed by atoms with Gasteiger partial charge in [-0.05, 0) is 75.3 Å². The fourth-order valence-corrected chi connectivity index (χ4v) is 6.18. The maximum Gasteiger partial charge on any atom is 0.0713 e. The number of ether oxygens (including phenoxy) is 1. The molecule has 2 heterocycles. The Kier molecular flexibility index (Phi) is 4.83. The third-order valence-electron chi connectivity index (χ3n) is 7.43. The fraction of sp³-hybridized carbons (Fsp3) is 0.393. The van der Waals surface area contributed by atoms with Crippen LogP contribution in [0.25, 0.3) is 22.4 Å². The molecule has 1 saturated carbocycles. The smallest absolute Gasteiger partial charge is 0.0713 e. The number of benzene rings is 2. The van der Waals surface area contributed by atoms with E-state index >= 15 is 0 Å². The van der Waals surface area contributed by atoms with Gasteiger partial charge in [0.2, 0.25) is 0 Å². The number of rotatable bonds is 2. The van der Waals surface area contributed by atoms with Crippen LogP contribution in [0.3, 0.4) is 0 Å². The van der Waals surface area contributed by atoms with Crippen molar-refractivity contribution < 1.29 is 24.8 Å². The first-order valence-electron chi connectivity index (χ1n) is 11.2. The van der Waals surface area contributed by atoms with E-state index in [9.17, 15) is 0 Å². The molecule has 2 aromatic carbocycles. The zero-order valence-corrected chi connectivity index (χ0v) is 21.0. The molecule has 0 spiro atoms. The fourth-order valence-electron chi connectivity index (χ4n) is 6.18. The average Bonchev–Trinajstić information content (AvgIpc) is 3.39. The van der Waals surface area contributed by atoms with E-state index in [4.69, 9.17) is 9.72 Å². The molecular weight excluding hydrogens is 559 g/mol. The van der Waals surface area contributed by atoms with E-state index in [1.807, 2.05) is 0 Å². The van der Waals surface area contributed by atoms with Crippen molar-refractivity contribution in [3.05, 3.63) is 77.0 Å². The van der Waals surface area contributed by atoms with Crippen LogP contribution in [0.15, 0.2) is 48.5 Å². The number of fused-ring (bicyclic) bond motifs is 6. The summed E-state index contributed by atoms with van der Waals surface area (Å²) in [6, 6.07) is 21.1. The Morgan fingerprint density at radius 1 is 0.935 bits per heavy atom. The van der Waals surface area contributed by atoms with Gasteiger partial charge in [0.15, 0.2) is 0 Å². The van der Waals surface area contributed by atoms with Crippen LogP contribution in [0.5, 0.6) is 0 Å². The first-order valence-corrected chi connectivity index (χ1v) is 11.2. The Morgan fingerprint density at radius 2 is 1.65 bits per heavy atom. The maximum absolute atomic E-state index is 6.36. The van der Waals surface area contributed by atoms with Crippen LogP contribution in [-0.4, -0.2) is 4.98 Å². The van der Waals surface area contributed by atoms with Gasteiger partial charge in [0.25, 0.3) is 0 Å². The molecule has 3 aliphatic rings. The van der Waals surface area contributed by atoms with Crippen LogP contribution in [0.2, 0.25) is 0 Å². The quantitative estimate of drug-likeness (QED) is 0.300. The van der Waals surface area contributed by atoms with Crippen molar-refractivity contribution in [2.45, 2.75) is 70.0 Å². The SMILES string of the molecule is CC1(C)OC(C)(C)c2cc(-c3cc(-c4ccccc4)c4c(n3)C3CCC4C3)[c-]cc21.[Ir]. The Hall–Kier alpha value is -1.80. The number of aromatic nitrogens is 1. The van der Waals surface area contributed by atoms with Gasteiger partial charge >= 0.3 is 0 Å². The Bertz CT molecular complexity index is 1170. The number of pyridine rings is 1. The molecule has 0 saturated heterocycles. The molecule has 3 aromatic rings. The van der Waals surface area contributed by atoms with E-state index in [0.29, 0.717) is 11.8 Å². The topological polar surface area (TPSA) is 22.1 Å². The van der Waals surface area contributed by atoms with Crippen LogP contribution >= 0.6 is 0 Å². The van der Waals surface area contributed by atoms with Crippen LogP contribution in [0.4, 0.5) is 0 Å². The second kappa shape index (κ2) is 7.10. The molecule has 31 heavy (non-hydrogen) atoms. The minimum absolute atomic E-state index is 0. The molecule has 1 fully saturated rings. The molecular formula is C28H28IrNO-. The zero-order valence-electron chi connectivity index (χ0n) is 18.6. The van der Waals surface area contributed by atoms with E-state index in [1.165, 1.54) is 52.8 Å². The van der Waals surface area contributed by atoms with Crippen molar-refractivity contribution in [2.75, 3.05) is 0 Å². The summed E-state index contributed by atoms with van der Waals surface area (Å²) in [4.78, 5) is 5.23. The summed E-state index contributed by atoms with van der Waals surface area (Å²) in [5, 5.41) is 0. The van der Waals surface area contributed by atoms with Crippen molar-refractivity contribution >= 4 is 0 Å². The molecule has 161 valence electrons. The zero-order chi connectivity index (χ0) is 20.7. The van der Waals surface area contributed by atoms with E-state index in [2.05, 4.69) is 82.3 Å². The second-order valence-corrected chi connectivity index (χ2v) is 10.2. The summed E-state index contributed by atoms with van der Waals surface area (Å²) in [6.07, 6.45) is 3.87. The van der Waals surface area contributed by atoms with E-state index < -0.39 is 0 Å². The maximum atomic E-state index is 6.36. The number of hydrogen-bond acceptors (Lipinski definition) is 2. The van der Waals surface area contributed by atoms with Gasteiger partial charge in [-0.15, -0.1) is 23.8 Å². The van der Waals surface area contributed by atoms with Gasteiger partial charge in [-0.3, -0.25) is 0 Å². The molecule has 2 nitrogen and oxygen atoms in total. The Labute approximate surface area is 198 Å². The van der Waals surface area contributed by atoms with Gasteiger partial charge < -0.3 is 9.72 Å². The largest absolute Gasteiger partial charge is 0.371 e. The van der Waals surface area contributed by atoms with Crippen molar-refractivity contribution in [1.82, 2.24) is 4.98 Å². The van der Waals surface area contributed by atoms with Crippen LogP contribution < -0.4 is 0 Å². The summed E-state index contributed by atoms with van der Waals surface area (Å²) in [5.74, 6) is 1.31. The normalized spacial score (nSPS) is 23.9. The van der Waals surface area contributed by atoms with Gasteiger partial charge in [-0.2, -0.15) is 0 Å². The minimum atomic E-state index is -0.305. The molecule has 1 radical (unpaired) electrons. The van der Waals surface area contributed by atoms with Crippen LogP contribution in [-0.2, 0) is 36.0 Å². The van der Waals surface area contributed by atoms with Crippen molar-refractivity contribution in [2.24, 2.45) is 0 Å². The monoisotopic (exact) mass is 587 g/mol. The Balaban J connectivity index is 0.00000204. The molecule has 2 aliphatic carbocycles. The van der Waals surface area contributed by atoms with Gasteiger partial charge in [-0.1, -0.05) is 47.5 Å². The van der Waals surface area contributed by atoms with Crippen LogP contribution in [0, 0.1) is 6.07 Å². The summed E-state index contributed by atoms with van der Waals surface area (Å²) in [6.45, 7) is 8.61. The third kappa shape index (κ3) is 3.17. The molecule has 2 atom stereocenters. The summed E-state index contributed by atoms with van der Waals surface area (Å²) >= 11 is 0. The van der Waals surface area contributed by atoms with E-state index in [1.54, 1.807) is 0 Å². The van der Waals surface area contributed by atoms with Gasteiger partial charge in [0, 0.05) is 31.7 Å². The van der Waals surface area contributed by atoms with Crippen molar-refractivity contribution in [1.29, 1.82) is 0 Å². The second-order valence-electron chi connectivity index (χ2n) is 10.2. The molecule has 2 bridgehead atoms. The number of hydrogen-bond donors (Lipinski definition) is 0. The summed E-state index contributed by atoms with van der Waals surface area (Å²) in [5.41, 5.74) is 9.54. The molecule has 0 N–H and O–H groups in total. The molecule has 2 unspecified atom stereocenters. The van der Waals surface area contributed by atoms with E-state index in [-0.39, 0.29) is 31.3 Å². The summed E-state index contributed by atoms with van der Waals surface area (Å²) < 4.78 is 6.36. The Morgan fingerprint density at radius 3 is 2.42 bits per heavy atom. The van der Waals surface area contributed by atoms with Crippen molar-refractivity contribution in [3.63, 3.8) is 0 Å². The predicted octanol–water partition coefficient (Wildman–Crippen LogP) is 7.08. The van der Waals surface area contributed by atoms with Gasteiger partial charge in [-0.25, -0.2) is 0 Å². The first-order chi connectivity index (χ1) is 14.3. The molecule has 1 aromatic heterocycles. The molecule has 6 rings (SSSR count). The predicted molar refractivity (Wildman–Crippen MR) is 120 cm³/mol. The van der Waals surface area contributed by atoms with Crippen molar-refractivity contribution in [3.8, 4) is 22.4 Å². The van der Waals surface area contributed by atoms with Gasteiger partial charge in [0.05, 0.1) is 11.2 Å².